The van der Waals surface area contributed by atoms with Crippen LogP contribution in [0.25, 0.3) is 0 Å². The van der Waals surface area contributed by atoms with Crippen LogP contribution in [-0.4, -0.2) is 23.1 Å². The van der Waals surface area contributed by atoms with Crippen LogP contribution >= 0.6 is 12.6 Å². The average Bonchev–Trinajstić information content (AvgIpc) is 2.82. The van der Waals surface area contributed by atoms with Crippen LogP contribution in [0, 0.1) is 5.92 Å². The standard InChI is InChI=1S/C11H22N2O2S/c1-11(2,3)15-10(14)13-8(9(12)16)6-7-4-5-7/h7-9,16H,4-6,12H2,1-3H3,(H,13,14)/t8-,9-/m0/s1. The first-order valence-electron chi connectivity index (χ1n) is 5.71. The molecule has 1 saturated carbocycles. The molecule has 0 aromatic rings. The van der Waals surface area contributed by atoms with Gasteiger partial charge in [-0.3, -0.25) is 0 Å². The predicted octanol–water partition coefficient (Wildman–Crippen LogP) is 1.89. The van der Waals surface area contributed by atoms with Crippen LogP contribution in [-0.2, 0) is 4.74 Å². The lowest BCUT2D eigenvalue weighted by molar-refractivity contribution is 0.0500. The third kappa shape index (κ3) is 5.61. The van der Waals surface area contributed by atoms with Crippen LogP contribution in [0.2, 0.25) is 0 Å². The first-order chi connectivity index (χ1) is 7.28. The van der Waals surface area contributed by atoms with E-state index in [0.717, 1.165) is 6.42 Å². The number of thiol groups is 1. The van der Waals surface area contributed by atoms with Gasteiger partial charge in [0.1, 0.15) is 5.60 Å². The molecule has 1 aliphatic rings. The molecule has 94 valence electrons. The fraction of sp³-hybridized carbons (Fsp3) is 0.909. The van der Waals surface area contributed by atoms with E-state index in [4.69, 9.17) is 10.5 Å². The first kappa shape index (κ1) is 13.6. The van der Waals surface area contributed by atoms with Gasteiger partial charge in [-0.1, -0.05) is 12.8 Å². The van der Waals surface area contributed by atoms with Crippen molar-refractivity contribution < 1.29 is 9.53 Å². The molecule has 4 nitrogen and oxygen atoms in total. The molecule has 3 N–H and O–H groups in total. The summed E-state index contributed by atoms with van der Waals surface area (Å²) in [5.74, 6) is 0.693. The van der Waals surface area contributed by atoms with E-state index in [9.17, 15) is 4.79 Å². The van der Waals surface area contributed by atoms with Crippen LogP contribution in [0.5, 0.6) is 0 Å². The van der Waals surface area contributed by atoms with Crippen LogP contribution in [0.4, 0.5) is 4.79 Å². The van der Waals surface area contributed by atoms with Gasteiger partial charge in [-0.2, -0.15) is 12.6 Å². The summed E-state index contributed by atoms with van der Waals surface area (Å²) < 4.78 is 5.18. The molecule has 1 rings (SSSR count). The Morgan fingerprint density at radius 1 is 1.56 bits per heavy atom. The molecule has 0 bridgehead atoms. The molecule has 0 saturated heterocycles. The van der Waals surface area contributed by atoms with E-state index in [1.54, 1.807) is 0 Å². The Bertz CT molecular complexity index is 247. The molecule has 0 aromatic carbocycles. The second-order valence-electron chi connectivity index (χ2n) is 5.42. The molecular weight excluding hydrogens is 224 g/mol. The van der Waals surface area contributed by atoms with Gasteiger partial charge in [-0.25, -0.2) is 4.79 Å². The van der Waals surface area contributed by atoms with Gasteiger partial charge in [-0.05, 0) is 33.1 Å². The monoisotopic (exact) mass is 246 g/mol. The van der Waals surface area contributed by atoms with Crippen molar-refractivity contribution in [1.82, 2.24) is 5.32 Å². The highest BCUT2D eigenvalue weighted by molar-refractivity contribution is 7.80. The van der Waals surface area contributed by atoms with Gasteiger partial charge >= 0.3 is 6.09 Å². The number of rotatable bonds is 4. The molecule has 16 heavy (non-hydrogen) atoms. The number of amides is 1. The van der Waals surface area contributed by atoms with Crippen LogP contribution in [0.3, 0.4) is 0 Å². The lowest BCUT2D eigenvalue weighted by atomic mass is 10.1. The van der Waals surface area contributed by atoms with E-state index in [1.807, 2.05) is 20.8 Å². The van der Waals surface area contributed by atoms with E-state index in [2.05, 4.69) is 17.9 Å². The second kappa shape index (κ2) is 5.27. The summed E-state index contributed by atoms with van der Waals surface area (Å²) in [7, 11) is 0. The lowest BCUT2D eigenvalue weighted by Crippen LogP contribution is -2.47. The molecule has 2 atom stereocenters. The normalized spacial score (nSPS) is 20.1. The maximum absolute atomic E-state index is 11.6. The van der Waals surface area contributed by atoms with Crippen molar-refractivity contribution in [3.63, 3.8) is 0 Å². The van der Waals surface area contributed by atoms with Gasteiger partial charge in [0, 0.05) is 0 Å². The van der Waals surface area contributed by atoms with E-state index in [0.29, 0.717) is 5.92 Å². The minimum absolute atomic E-state index is 0.106. The Morgan fingerprint density at radius 3 is 2.50 bits per heavy atom. The third-order valence-electron chi connectivity index (χ3n) is 2.40. The molecule has 0 spiro atoms. The van der Waals surface area contributed by atoms with Crippen molar-refractivity contribution in [3.8, 4) is 0 Å². The van der Waals surface area contributed by atoms with Gasteiger partial charge in [-0.15, -0.1) is 0 Å². The van der Waals surface area contributed by atoms with E-state index < -0.39 is 11.7 Å². The van der Waals surface area contributed by atoms with Crippen molar-refractivity contribution in [2.24, 2.45) is 11.7 Å². The summed E-state index contributed by atoms with van der Waals surface area (Å²) in [4.78, 5) is 11.6. The maximum Gasteiger partial charge on any atom is 0.407 e. The van der Waals surface area contributed by atoms with Crippen molar-refractivity contribution >= 4 is 18.7 Å². The number of nitrogens with one attached hydrogen (secondary N) is 1. The lowest BCUT2D eigenvalue weighted by Gasteiger charge is -2.25. The zero-order valence-electron chi connectivity index (χ0n) is 10.2. The number of nitrogens with two attached hydrogens (primary N) is 1. The molecule has 5 heteroatoms. The van der Waals surface area contributed by atoms with Crippen LogP contribution < -0.4 is 11.1 Å². The highest BCUT2D eigenvalue weighted by Gasteiger charge is 2.29. The van der Waals surface area contributed by atoms with E-state index >= 15 is 0 Å². The van der Waals surface area contributed by atoms with Gasteiger partial charge in [0.2, 0.25) is 0 Å². The number of hydrogen-bond donors (Lipinski definition) is 3. The minimum Gasteiger partial charge on any atom is -0.444 e. The Morgan fingerprint density at radius 2 is 2.12 bits per heavy atom. The minimum atomic E-state index is -0.477. The van der Waals surface area contributed by atoms with E-state index in [1.165, 1.54) is 12.8 Å². The van der Waals surface area contributed by atoms with Crippen LogP contribution in [0.15, 0.2) is 0 Å². The Kier molecular flexibility index (Phi) is 4.50. The summed E-state index contributed by atoms with van der Waals surface area (Å²) in [5.41, 5.74) is 5.24. The topological polar surface area (TPSA) is 64.3 Å². The largest absolute Gasteiger partial charge is 0.444 e. The molecule has 1 amide bonds. The van der Waals surface area contributed by atoms with Crippen molar-refractivity contribution in [2.45, 2.75) is 57.1 Å². The Hall–Kier alpha value is -0.420. The quantitative estimate of drug-likeness (QED) is 0.524. The maximum atomic E-state index is 11.6. The van der Waals surface area contributed by atoms with Crippen molar-refractivity contribution in [1.29, 1.82) is 0 Å². The summed E-state index contributed by atoms with van der Waals surface area (Å²) in [6.45, 7) is 5.51. The van der Waals surface area contributed by atoms with Gasteiger partial charge < -0.3 is 15.8 Å². The van der Waals surface area contributed by atoms with Gasteiger partial charge in [0.25, 0.3) is 0 Å². The zero-order valence-corrected chi connectivity index (χ0v) is 11.1. The molecule has 0 heterocycles. The molecule has 0 aromatic heterocycles. The molecule has 0 unspecified atom stereocenters. The number of alkyl carbamates (subject to hydrolysis) is 1. The fourth-order valence-electron chi connectivity index (χ4n) is 1.46. The predicted molar refractivity (Wildman–Crippen MR) is 67.5 cm³/mol. The average molecular weight is 246 g/mol. The highest BCUT2D eigenvalue weighted by atomic mass is 32.1. The fourth-order valence-corrected chi connectivity index (χ4v) is 1.65. The number of hydrogen-bond acceptors (Lipinski definition) is 4. The molecule has 1 aliphatic carbocycles. The number of carbonyl (C=O) groups excluding carboxylic acids is 1. The molecule has 1 fully saturated rings. The smallest absolute Gasteiger partial charge is 0.407 e. The first-order valence-corrected chi connectivity index (χ1v) is 6.23. The zero-order chi connectivity index (χ0) is 12.3. The second-order valence-corrected chi connectivity index (χ2v) is 6.02. The van der Waals surface area contributed by atoms with Crippen molar-refractivity contribution in [3.05, 3.63) is 0 Å². The van der Waals surface area contributed by atoms with Crippen molar-refractivity contribution in [2.75, 3.05) is 0 Å². The Labute approximate surface area is 103 Å². The van der Waals surface area contributed by atoms with Gasteiger partial charge in [0.05, 0.1) is 11.4 Å². The van der Waals surface area contributed by atoms with E-state index in [-0.39, 0.29) is 11.4 Å². The number of ether oxygens (including phenoxy) is 1. The Balaban J connectivity index is 2.37. The molecule has 0 radical (unpaired) electrons. The number of carbonyl (C=O) groups is 1. The van der Waals surface area contributed by atoms with Gasteiger partial charge in [0.15, 0.2) is 0 Å². The summed E-state index contributed by atoms with van der Waals surface area (Å²) in [6.07, 6.45) is 2.94. The molecule has 0 aliphatic heterocycles. The molecular formula is C11H22N2O2S. The van der Waals surface area contributed by atoms with Crippen LogP contribution in [0.1, 0.15) is 40.0 Å². The summed E-state index contributed by atoms with van der Waals surface area (Å²) in [5, 5.41) is 2.44. The highest BCUT2D eigenvalue weighted by Crippen LogP contribution is 2.34. The summed E-state index contributed by atoms with van der Waals surface area (Å²) >= 11 is 4.19. The summed E-state index contributed by atoms with van der Waals surface area (Å²) in [6, 6.07) is -0.106. The SMILES string of the molecule is CC(C)(C)OC(=O)N[C@@H](CC1CC1)[C@@H](N)S. The third-order valence-corrected chi connectivity index (χ3v) is 2.76.